The fourth-order valence-corrected chi connectivity index (χ4v) is 5.30. The van der Waals surface area contributed by atoms with Crippen LogP contribution in [0.15, 0.2) is 60.7 Å². The van der Waals surface area contributed by atoms with Crippen molar-refractivity contribution in [2.45, 2.75) is 104 Å². The van der Waals surface area contributed by atoms with Crippen LogP contribution in [-0.4, -0.2) is 72.3 Å². The maximum atomic E-state index is 13.7. The van der Waals surface area contributed by atoms with Gasteiger partial charge in [-0.1, -0.05) is 102 Å². The van der Waals surface area contributed by atoms with Crippen LogP contribution >= 0.6 is 0 Å². The summed E-state index contributed by atoms with van der Waals surface area (Å²) in [5.74, 6) is -3.28. The van der Waals surface area contributed by atoms with Crippen molar-refractivity contribution in [2.75, 3.05) is 7.11 Å². The maximum absolute atomic E-state index is 13.7. The number of carbonyl (C=O) groups excluding carboxylic acids is 5. The molecule has 0 spiro atoms. The summed E-state index contributed by atoms with van der Waals surface area (Å²) in [7, 11) is 1.25. The van der Waals surface area contributed by atoms with E-state index in [1.165, 1.54) is 14.0 Å². The van der Waals surface area contributed by atoms with Crippen LogP contribution in [-0.2, 0) is 41.7 Å². The standard InChI is InChI=1S/C37H54N4O8/c1-8-15-28(34(44)40-31(23(2)3)35(45)41-32(24(4)5)36(46)48-7)21-30(42)29(20-26-16-11-9-12-17-26)39-33(43)25(6)38-37(47)49-22-27-18-13-10-14-19-27/h9-14,16-19,23-25,28-32,42H,8,15,20-22H2,1-7H3,(H,38,47)(H,39,43)(H,40,44)(H,41,45)/t25-,28+,29-,30-,31-,32-/m0/s1. The number of aliphatic hydroxyl groups excluding tert-OH is 1. The molecule has 2 aromatic rings. The highest BCUT2D eigenvalue weighted by Gasteiger charge is 2.34. The minimum Gasteiger partial charge on any atom is -0.467 e. The molecule has 0 aromatic heterocycles. The van der Waals surface area contributed by atoms with Gasteiger partial charge in [-0.2, -0.15) is 0 Å². The average Bonchev–Trinajstić information content (AvgIpc) is 3.08. The van der Waals surface area contributed by atoms with Crippen LogP contribution < -0.4 is 21.3 Å². The van der Waals surface area contributed by atoms with Crippen molar-refractivity contribution >= 4 is 29.8 Å². The highest BCUT2D eigenvalue weighted by molar-refractivity contribution is 5.91. The number of alkyl carbamates (subject to hydrolysis) is 1. The lowest BCUT2D eigenvalue weighted by molar-refractivity contribution is -0.147. The number of benzene rings is 2. The Morgan fingerprint density at radius 3 is 1.80 bits per heavy atom. The molecule has 4 amide bonds. The molecule has 49 heavy (non-hydrogen) atoms. The predicted octanol–water partition coefficient (Wildman–Crippen LogP) is 3.65. The second-order valence-corrected chi connectivity index (χ2v) is 13.0. The Morgan fingerprint density at radius 2 is 1.27 bits per heavy atom. The van der Waals surface area contributed by atoms with E-state index in [2.05, 4.69) is 21.3 Å². The van der Waals surface area contributed by atoms with Crippen LogP contribution in [0.25, 0.3) is 0 Å². The van der Waals surface area contributed by atoms with Gasteiger partial charge in [-0.3, -0.25) is 14.4 Å². The second kappa shape index (κ2) is 20.8. The summed E-state index contributed by atoms with van der Waals surface area (Å²) >= 11 is 0. The van der Waals surface area contributed by atoms with Gasteiger partial charge in [-0.15, -0.1) is 0 Å². The zero-order valence-electron chi connectivity index (χ0n) is 29.7. The van der Waals surface area contributed by atoms with Gasteiger partial charge in [0.1, 0.15) is 24.7 Å². The topological polar surface area (TPSA) is 172 Å². The number of carbonyl (C=O) groups is 5. The number of ether oxygens (including phenoxy) is 2. The number of nitrogens with one attached hydrogen (secondary N) is 4. The van der Waals surface area contributed by atoms with E-state index in [-0.39, 0.29) is 31.3 Å². The average molecular weight is 683 g/mol. The van der Waals surface area contributed by atoms with Crippen LogP contribution in [0, 0.1) is 17.8 Å². The lowest BCUT2D eigenvalue weighted by atomic mass is 9.89. The lowest BCUT2D eigenvalue weighted by Crippen LogP contribution is -2.56. The van der Waals surface area contributed by atoms with E-state index in [0.717, 1.165) is 11.1 Å². The van der Waals surface area contributed by atoms with Crippen molar-refractivity contribution in [3.05, 3.63) is 71.8 Å². The van der Waals surface area contributed by atoms with E-state index in [4.69, 9.17) is 9.47 Å². The molecule has 0 fully saturated rings. The molecule has 0 aliphatic rings. The summed E-state index contributed by atoms with van der Waals surface area (Å²) in [6.45, 7) is 10.6. The molecule has 2 aromatic carbocycles. The Hall–Kier alpha value is -4.45. The van der Waals surface area contributed by atoms with Gasteiger partial charge in [0.05, 0.1) is 19.3 Å². The normalized spacial score (nSPS) is 14.8. The third-order valence-corrected chi connectivity index (χ3v) is 8.23. The molecule has 2 rings (SSSR count). The first-order valence-corrected chi connectivity index (χ1v) is 16.9. The Bertz CT molecular complexity index is 1340. The van der Waals surface area contributed by atoms with Gasteiger partial charge in [0.2, 0.25) is 17.7 Å². The van der Waals surface area contributed by atoms with Crippen LogP contribution in [0.2, 0.25) is 0 Å². The van der Waals surface area contributed by atoms with E-state index in [1.807, 2.05) is 67.6 Å². The molecular weight excluding hydrogens is 628 g/mol. The zero-order valence-corrected chi connectivity index (χ0v) is 29.7. The number of aliphatic hydroxyl groups is 1. The molecule has 0 saturated heterocycles. The molecule has 0 heterocycles. The minimum atomic E-state index is -1.15. The molecule has 12 nitrogen and oxygen atoms in total. The Kier molecular flexibility index (Phi) is 17.3. The fourth-order valence-electron chi connectivity index (χ4n) is 5.30. The molecule has 0 aliphatic heterocycles. The van der Waals surface area contributed by atoms with Crippen molar-refractivity contribution in [3.63, 3.8) is 0 Å². The van der Waals surface area contributed by atoms with E-state index in [0.29, 0.717) is 12.8 Å². The highest BCUT2D eigenvalue weighted by atomic mass is 16.5. The van der Waals surface area contributed by atoms with Gasteiger partial charge >= 0.3 is 12.1 Å². The van der Waals surface area contributed by atoms with Crippen LogP contribution in [0.3, 0.4) is 0 Å². The minimum absolute atomic E-state index is 0.00158. The van der Waals surface area contributed by atoms with Crippen LogP contribution in [0.5, 0.6) is 0 Å². The first-order valence-electron chi connectivity index (χ1n) is 16.9. The van der Waals surface area contributed by atoms with Gasteiger partial charge in [0.25, 0.3) is 0 Å². The van der Waals surface area contributed by atoms with Crippen molar-refractivity contribution in [2.24, 2.45) is 17.8 Å². The van der Waals surface area contributed by atoms with E-state index >= 15 is 0 Å². The molecular formula is C37H54N4O8. The highest BCUT2D eigenvalue weighted by Crippen LogP contribution is 2.20. The zero-order chi connectivity index (χ0) is 36.5. The van der Waals surface area contributed by atoms with E-state index in [1.54, 1.807) is 27.7 Å². The molecule has 0 saturated carbocycles. The van der Waals surface area contributed by atoms with Crippen molar-refractivity contribution in [3.8, 4) is 0 Å². The molecule has 6 atom stereocenters. The smallest absolute Gasteiger partial charge is 0.408 e. The molecule has 12 heteroatoms. The Labute approximate surface area is 290 Å². The lowest BCUT2D eigenvalue weighted by Gasteiger charge is -2.30. The Morgan fingerprint density at radius 1 is 0.714 bits per heavy atom. The molecule has 0 unspecified atom stereocenters. The number of hydrogen-bond acceptors (Lipinski definition) is 8. The predicted molar refractivity (Wildman–Crippen MR) is 186 cm³/mol. The van der Waals surface area contributed by atoms with Gasteiger partial charge in [-0.05, 0) is 49.1 Å². The first-order chi connectivity index (χ1) is 23.3. The van der Waals surface area contributed by atoms with Gasteiger partial charge in [0.15, 0.2) is 0 Å². The summed E-state index contributed by atoms with van der Waals surface area (Å²) in [4.78, 5) is 64.8. The number of esters is 1. The monoisotopic (exact) mass is 682 g/mol. The summed E-state index contributed by atoms with van der Waals surface area (Å²) in [5, 5.41) is 22.5. The summed E-state index contributed by atoms with van der Waals surface area (Å²) in [6.07, 6.45) is -0.602. The van der Waals surface area contributed by atoms with Gasteiger partial charge in [-0.25, -0.2) is 9.59 Å². The third kappa shape index (κ3) is 13.9. The molecule has 0 radical (unpaired) electrons. The molecule has 270 valence electrons. The summed E-state index contributed by atoms with van der Waals surface area (Å²) < 4.78 is 10.1. The summed E-state index contributed by atoms with van der Waals surface area (Å²) in [6, 6.07) is 14.8. The van der Waals surface area contributed by atoms with Crippen LogP contribution in [0.4, 0.5) is 4.79 Å². The first kappa shape index (κ1) is 40.7. The third-order valence-electron chi connectivity index (χ3n) is 8.23. The van der Waals surface area contributed by atoms with Crippen molar-refractivity contribution < 1.29 is 38.6 Å². The SMILES string of the molecule is CCC[C@H](C[C@H](O)[C@H](Cc1ccccc1)NC(=O)[C@H](C)NC(=O)OCc1ccccc1)C(=O)N[C@H](C(=O)N[C@H](C(=O)OC)C(C)C)C(C)C. The summed E-state index contributed by atoms with van der Waals surface area (Å²) in [5.41, 5.74) is 1.65. The largest absolute Gasteiger partial charge is 0.467 e. The number of hydrogen-bond donors (Lipinski definition) is 5. The Balaban J connectivity index is 2.16. The quantitative estimate of drug-likeness (QED) is 0.140. The number of methoxy groups -OCH3 is 1. The fraction of sp³-hybridized carbons (Fsp3) is 0.541. The van der Waals surface area contributed by atoms with Gasteiger partial charge in [0, 0.05) is 5.92 Å². The maximum Gasteiger partial charge on any atom is 0.408 e. The molecule has 0 aliphatic carbocycles. The van der Waals surface area contributed by atoms with E-state index < -0.39 is 66.0 Å². The number of amides is 4. The van der Waals surface area contributed by atoms with Crippen LogP contribution in [0.1, 0.15) is 71.9 Å². The van der Waals surface area contributed by atoms with E-state index in [9.17, 15) is 29.1 Å². The number of rotatable bonds is 19. The van der Waals surface area contributed by atoms with Crippen molar-refractivity contribution in [1.82, 2.24) is 21.3 Å². The molecule has 0 bridgehead atoms. The van der Waals surface area contributed by atoms with Gasteiger partial charge < -0.3 is 35.8 Å². The molecule has 5 N–H and O–H groups in total. The second-order valence-electron chi connectivity index (χ2n) is 13.0. The van der Waals surface area contributed by atoms with Crippen molar-refractivity contribution in [1.29, 1.82) is 0 Å².